The van der Waals surface area contributed by atoms with E-state index in [-0.39, 0.29) is 18.0 Å². The lowest BCUT2D eigenvalue weighted by molar-refractivity contribution is -0.133. The highest BCUT2D eigenvalue weighted by Gasteiger charge is 2.18. The van der Waals surface area contributed by atoms with E-state index in [4.69, 9.17) is 4.74 Å². The van der Waals surface area contributed by atoms with Gasteiger partial charge in [0.1, 0.15) is 0 Å². The molecular weight excluding hydrogens is 294 g/mol. The largest absolute Gasteiger partial charge is 0.383 e. The number of carbonyl (C=O) groups is 2. The summed E-state index contributed by atoms with van der Waals surface area (Å²) < 4.78 is 4.99. The van der Waals surface area contributed by atoms with Gasteiger partial charge in [0.25, 0.3) is 0 Å². The second kappa shape index (κ2) is 8.53. The second-order valence-electron chi connectivity index (χ2n) is 5.93. The molecule has 126 valence electrons. The fourth-order valence-corrected chi connectivity index (χ4v) is 2.68. The summed E-state index contributed by atoms with van der Waals surface area (Å²) in [5.74, 6) is 0.209. The molecule has 1 heterocycles. The van der Waals surface area contributed by atoms with Crippen LogP contribution in [0.25, 0.3) is 0 Å². The summed E-state index contributed by atoms with van der Waals surface area (Å²) in [5.41, 5.74) is 1.73. The molecule has 0 bridgehead atoms. The standard InChI is InChI=1S/C17H25N3O3/c1-13(12-23-2)18-17(22)19-15-7-5-6-14(10-15)11-20-9-4-3-8-16(20)21/h5-7,10,13H,3-4,8-9,11-12H2,1-2H3,(H2,18,19,22). The third kappa shape index (κ3) is 5.56. The number of ether oxygens (including phenoxy) is 1. The van der Waals surface area contributed by atoms with Gasteiger partial charge in [-0.1, -0.05) is 12.1 Å². The quantitative estimate of drug-likeness (QED) is 0.845. The van der Waals surface area contributed by atoms with Crippen molar-refractivity contribution in [1.82, 2.24) is 10.2 Å². The van der Waals surface area contributed by atoms with Crippen LogP contribution in [0.1, 0.15) is 31.7 Å². The average Bonchev–Trinajstić information content (AvgIpc) is 2.50. The summed E-state index contributed by atoms with van der Waals surface area (Å²) in [5, 5.41) is 5.61. The molecule has 2 N–H and O–H groups in total. The molecule has 0 aliphatic carbocycles. The Balaban J connectivity index is 1.91. The minimum atomic E-state index is -0.263. The molecule has 0 spiro atoms. The van der Waals surface area contributed by atoms with E-state index in [0.29, 0.717) is 25.3 Å². The molecule has 1 unspecified atom stereocenters. The number of likely N-dealkylation sites (tertiary alicyclic amines) is 1. The zero-order valence-electron chi connectivity index (χ0n) is 13.8. The fourth-order valence-electron chi connectivity index (χ4n) is 2.68. The Kier molecular flexibility index (Phi) is 6.40. The van der Waals surface area contributed by atoms with Crippen LogP contribution in [0.5, 0.6) is 0 Å². The Bertz CT molecular complexity index is 548. The smallest absolute Gasteiger partial charge is 0.319 e. The van der Waals surface area contributed by atoms with Crippen molar-refractivity contribution in [2.75, 3.05) is 25.6 Å². The third-order valence-corrected chi connectivity index (χ3v) is 3.77. The maximum Gasteiger partial charge on any atom is 0.319 e. The molecule has 0 aromatic heterocycles. The first-order chi connectivity index (χ1) is 11.1. The Morgan fingerprint density at radius 1 is 1.39 bits per heavy atom. The first-order valence-corrected chi connectivity index (χ1v) is 8.01. The number of hydrogen-bond donors (Lipinski definition) is 2. The average molecular weight is 319 g/mol. The summed E-state index contributed by atoms with van der Waals surface area (Å²) in [6.07, 6.45) is 2.68. The highest BCUT2D eigenvalue weighted by Crippen LogP contribution is 2.17. The molecule has 6 nitrogen and oxygen atoms in total. The highest BCUT2D eigenvalue weighted by atomic mass is 16.5. The van der Waals surface area contributed by atoms with E-state index in [2.05, 4.69) is 10.6 Å². The van der Waals surface area contributed by atoms with Crippen LogP contribution in [0.3, 0.4) is 0 Å². The Labute approximate surface area is 137 Å². The van der Waals surface area contributed by atoms with Crippen LogP contribution in [-0.2, 0) is 16.1 Å². The third-order valence-electron chi connectivity index (χ3n) is 3.77. The number of benzene rings is 1. The van der Waals surface area contributed by atoms with Gasteiger partial charge in [-0.05, 0) is 37.5 Å². The van der Waals surface area contributed by atoms with E-state index in [1.807, 2.05) is 36.1 Å². The summed E-state index contributed by atoms with van der Waals surface area (Å²) >= 11 is 0. The summed E-state index contributed by atoms with van der Waals surface area (Å²) in [6.45, 7) is 3.74. The molecule has 23 heavy (non-hydrogen) atoms. The summed E-state index contributed by atoms with van der Waals surface area (Å²) in [7, 11) is 1.60. The van der Waals surface area contributed by atoms with E-state index in [1.54, 1.807) is 7.11 Å². The number of rotatable bonds is 6. The SMILES string of the molecule is COCC(C)NC(=O)Nc1cccc(CN2CCCCC2=O)c1. The normalized spacial score (nSPS) is 16.1. The molecule has 3 amide bonds. The molecule has 0 saturated carbocycles. The highest BCUT2D eigenvalue weighted by molar-refractivity contribution is 5.89. The first kappa shape index (κ1) is 17.3. The van der Waals surface area contributed by atoms with Crippen molar-refractivity contribution in [3.63, 3.8) is 0 Å². The number of nitrogens with one attached hydrogen (secondary N) is 2. The van der Waals surface area contributed by atoms with Gasteiger partial charge in [-0.2, -0.15) is 0 Å². The number of hydrogen-bond acceptors (Lipinski definition) is 3. The van der Waals surface area contributed by atoms with Crippen molar-refractivity contribution < 1.29 is 14.3 Å². The van der Waals surface area contributed by atoms with Crippen molar-refractivity contribution in [3.05, 3.63) is 29.8 Å². The predicted octanol–water partition coefficient (Wildman–Crippen LogP) is 2.36. The van der Waals surface area contributed by atoms with Gasteiger partial charge in [0.05, 0.1) is 12.6 Å². The van der Waals surface area contributed by atoms with Gasteiger partial charge in [-0.25, -0.2) is 4.79 Å². The van der Waals surface area contributed by atoms with E-state index >= 15 is 0 Å². The topological polar surface area (TPSA) is 70.7 Å². The van der Waals surface area contributed by atoms with Crippen LogP contribution < -0.4 is 10.6 Å². The zero-order valence-corrected chi connectivity index (χ0v) is 13.8. The number of piperidine rings is 1. The van der Waals surface area contributed by atoms with Crippen LogP contribution in [0.4, 0.5) is 10.5 Å². The molecule has 6 heteroatoms. The fraction of sp³-hybridized carbons (Fsp3) is 0.529. The van der Waals surface area contributed by atoms with Crippen molar-refractivity contribution in [1.29, 1.82) is 0 Å². The van der Waals surface area contributed by atoms with Crippen LogP contribution in [0, 0.1) is 0 Å². The van der Waals surface area contributed by atoms with E-state index < -0.39 is 0 Å². The summed E-state index contributed by atoms with van der Waals surface area (Å²) in [4.78, 5) is 25.7. The van der Waals surface area contributed by atoms with Crippen molar-refractivity contribution >= 4 is 17.6 Å². The van der Waals surface area contributed by atoms with Crippen LogP contribution in [0.15, 0.2) is 24.3 Å². The van der Waals surface area contributed by atoms with Gasteiger partial charge >= 0.3 is 6.03 Å². The van der Waals surface area contributed by atoms with E-state index in [1.165, 1.54) is 0 Å². The van der Waals surface area contributed by atoms with E-state index in [9.17, 15) is 9.59 Å². The van der Waals surface area contributed by atoms with Crippen molar-refractivity contribution in [2.24, 2.45) is 0 Å². The molecule has 1 fully saturated rings. The lowest BCUT2D eigenvalue weighted by Crippen LogP contribution is -2.38. The van der Waals surface area contributed by atoms with Crippen molar-refractivity contribution in [3.8, 4) is 0 Å². The Hall–Kier alpha value is -2.08. The molecule has 1 aromatic carbocycles. The van der Waals surface area contributed by atoms with Gasteiger partial charge in [0, 0.05) is 32.3 Å². The number of carbonyl (C=O) groups excluding carboxylic acids is 2. The number of urea groups is 1. The molecule has 1 aromatic rings. The minimum Gasteiger partial charge on any atom is -0.383 e. The molecular formula is C17H25N3O3. The molecule has 1 aliphatic heterocycles. The van der Waals surface area contributed by atoms with Crippen LogP contribution >= 0.6 is 0 Å². The molecule has 1 saturated heterocycles. The molecule has 1 aliphatic rings. The zero-order chi connectivity index (χ0) is 16.7. The first-order valence-electron chi connectivity index (χ1n) is 8.01. The Morgan fingerprint density at radius 3 is 2.96 bits per heavy atom. The van der Waals surface area contributed by atoms with Gasteiger partial charge < -0.3 is 20.3 Å². The Morgan fingerprint density at radius 2 is 2.22 bits per heavy atom. The molecule has 0 radical (unpaired) electrons. The van der Waals surface area contributed by atoms with Crippen LogP contribution in [-0.4, -0.2) is 43.1 Å². The van der Waals surface area contributed by atoms with Gasteiger partial charge in [0.2, 0.25) is 5.91 Å². The number of methoxy groups -OCH3 is 1. The lowest BCUT2D eigenvalue weighted by atomic mass is 10.1. The maximum absolute atomic E-state index is 11.9. The number of amides is 3. The van der Waals surface area contributed by atoms with Gasteiger partial charge in [-0.3, -0.25) is 4.79 Å². The van der Waals surface area contributed by atoms with E-state index in [0.717, 1.165) is 24.9 Å². The minimum absolute atomic E-state index is 0.0610. The van der Waals surface area contributed by atoms with Crippen molar-refractivity contribution in [2.45, 2.75) is 38.8 Å². The number of nitrogens with zero attached hydrogens (tertiary/aromatic N) is 1. The molecule has 2 rings (SSSR count). The molecule has 1 atom stereocenters. The second-order valence-corrected chi connectivity index (χ2v) is 5.93. The van der Waals surface area contributed by atoms with Crippen LogP contribution in [0.2, 0.25) is 0 Å². The monoisotopic (exact) mass is 319 g/mol. The number of anilines is 1. The lowest BCUT2D eigenvalue weighted by Gasteiger charge is -2.26. The summed E-state index contributed by atoms with van der Waals surface area (Å²) in [6, 6.07) is 7.27. The van der Waals surface area contributed by atoms with Gasteiger partial charge in [0.15, 0.2) is 0 Å². The predicted molar refractivity (Wildman–Crippen MR) is 89.2 cm³/mol. The van der Waals surface area contributed by atoms with Gasteiger partial charge in [-0.15, -0.1) is 0 Å². The maximum atomic E-state index is 11.9.